The summed E-state index contributed by atoms with van der Waals surface area (Å²) in [5.41, 5.74) is 6.29. The van der Waals surface area contributed by atoms with Crippen LogP contribution >= 0.6 is 0 Å². The molecular formula is C24H29N5O. The SMILES string of the molecule is CN/C=C(\C=N)c1ccc(Cc2cc3c(nc2C)CN(C2CCCCC2)C3=O)cn1. The van der Waals surface area contributed by atoms with Crippen LogP contribution < -0.4 is 5.32 Å². The van der Waals surface area contributed by atoms with E-state index in [1.807, 2.05) is 36.2 Å². The molecular weight excluding hydrogens is 374 g/mol. The van der Waals surface area contributed by atoms with E-state index in [4.69, 9.17) is 10.4 Å². The Morgan fingerprint density at radius 3 is 2.77 bits per heavy atom. The Balaban J connectivity index is 1.53. The highest BCUT2D eigenvalue weighted by atomic mass is 16.2. The molecule has 0 saturated heterocycles. The summed E-state index contributed by atoms with van der Waals surface area (Å²) >= 11 is 0. The standard InChI is InChI=1S/C24H29N5O/c1-16-18(10-17-8-9-22(27-13-17)19(12-25)14-26-2)11-21-23(28-16)15-29(24(21)30)20-6-4-3-5-7-20/h8-9,11-14,20,25-26H,3-7,10,15H2,1-2H3/b19-14+,25-12?. The number of rotatable bonds is 6. The molecule has 2 aliphatic rings. The van der Waals surface area contributed by atoms with Gasteiger partial charge in [0.25, 0.3) is 5.91 Å². The Bertz CT molecular complexity index is 974. The third-order valence-electron chi connectivity index (χ3n) is 6.19. The maximum Gasteiger partial charge on any atom is 0.256 e. The van der Waals surface area contributed by atoms with Gasteiger partial charge in [-0.15, -0.1) is 0 Å². The summed E-state index contributed by atoms with van der Waals surface area (Å²) in [4.78, 5) is 24.4. The molecule has 0 unspecified atom stereocenters. The van der Waals surface area contributed by atoms with Crippen molar-refractivity contribution in [3.05, 3.63) is 64.4 Å². The van der Waals surface area contributed by atoms with Gasteiger partial charge in [-0.1, -0.05) is 25.3 Å². The summed E-state index contributed by atoms with van der Waals surface area (Å²) in [6.45, 7) is 2.67. The zero-order valence-electron chi connectivity index (χ0n) is 17.7. The molecule has 6 nitrogen and oxygen atoms in total. The predicted octanol–water partition coefficient (Wildman–Crippen LogP) is 3.87. The molecule has 0 aromatic carbocycles. The van der Waals surface area contributed by atoms with Gasteiger partial charge in [-0.05, 0) is 43.0 Å². The van der Waals surface area contributed by atoms with Crippen LogP contribution in [-0.4, -0.2) is 40.1 Å². The smallest absolute Gasteiger partial charge is 0.256 e. The number of aryl methyl sites for hydroxylation is 1. The van der Waals surface area contributed by atoms with E-state index in [1.54, 1.807) is 13.2 Å². The lowest BCUT2D eigenvalue weighted by atomic mass is 9.94. The summed E-state index contributed by atoms with van der Waals surface area (Å²) < 4.78 is 0. The maximum absolute atomic E-state index is 13.1. The lowest BCUT2D eigenvalue weighted by Crippen LogP contribution is -2.36. The number of fused-ring (bicyclic) bond motifs is 1. The van der Waals surface area contributed by atoms with Crippen LogP contribution in [0.1, 0.15) is 70.7 Å². The Morgan fingerprint density at radius 2 is 2.10 bits per heavy atom. The number of amides is 1. The van der Waals surface area contributed by atoms with Crippen LogP contribution in [0.5, 0.6) is 0 Å². The fraction of sp³-hybridized carbons (Fsp3) is 0.417. The van der Waals surface area contributed by atoms with Crippen molar-refractivity contribution in [2.45, 2.75) is 58.0 Å². The molecule has 1 aliphatic carbocycles. The van der Waals surface area contributed by atoms with Crippen LogP contribution in [-0.2, 0) is 13.0 Å². The maximum atomic E-state index is 13.1. The molecule has 30 heavy (non-hydrogen) atoms. The predicted molar refractivity (Wildman–Crippen MR) is 119 cm³/mol. The molecule has 1 aliphatic heterocycles. The van der Waals surface area contributed by atoms with Crippen LogP contribution in [0, 0.1) is 12.3 Å². The van der Waals surface area contributed by atoms with Crippen LogP contribution in [0.2, 0.25) is 0 Å². The average molecular weight is 404 g/mol. The molecule has 0 radical (unpaired) electrons. The van der Waals surface area contributed by atoms with Crippen molar-refractivity contribution in [3.63, 3.8) is 0 Å². The van der Waals surface area contributed by atoms with Crippen molar-refractivity contribution in [1.82, 2.24) is 20.2 Å². The first-order valence-electron chi connectivity index (χ1n) is 10.7. The molecule has 2 aromatic heterocycles. The number of pyridine rings is 2. The van der Waals surface area contributed by atoms with Crippen molar-refractivity contribution in [3.8, 4) is 0 Å². The number of hydrogen-bond donors (Lipinski definition) is 2. The molecule has 2 aromatic rings. The number of allylic oxidation sites excluding steroid dienone is 1. The molecule has 156 valence electrons. The van der Waals surface area contributed by atoms with Gasteiger partial charge in [-0.2, -0.15) is 0 Å². The van der Waals surface area contributed by atoms with Crippen LogP contribution in [0.3, 0.4) is 0 Å². The zero-order chi connectivity index (χ0) is 21.1. The monoisotopic (exact) mass is 403 g/mol. The van der Waals surface area contributed by atoms with E-state index in [0.717, 1.165) is 52.2 Å². The molecule has 1 saturated carbocycles. The van der Waals surface area contributed by atoms with Gasteiger partial charge in [0.1, 0.15) is 0 Å². The van der Waals surface area contributed by atoms with E-state index in [9.17, 15) is 4.79 Å². The van der Waals surface area contributed by atoms with Crippen molar-refractivity contribution in [2.75, 3.05) is 7.05 Å². The number of carbonyl (C=O) groups is 1. The second-order valence-corrected chi connectivity index (χ2v) is 8.21. The lowest BCUT2D eigenvalue weighted by Gasteiger charge is -2.30. The summed E-state index contributed by atoms with van der Waals surface area (Å²) in [5, 5.41) is 10.5. The van der Waals surface area contributed by atoms with Crippen LogP contribution in [0.25, 0.3) is 5.57 Å². The highest BCUT2D eigenvalue weighted by Gasteiger charge is 2.34. The summed E-state index contributed by atoms with van der Waals surface area (Å²) in [6, 6.07) is 6.36. The molecule has 0 spiro atoms. The van der Waals surface area contributed by atoms with Crippen molar-refractivity contribution in [2.24, 2.45) is 0 Å². The number of hydrogen-bond acceptors (Lipinski definition) is 5. The number of aromatic nitrogens is 2. The Kier molecular flexibility index (Phi) is 5.93. The minimum atomic E-state index is 0.145. The van der Waals surface area contributed by atoms with Gasteiger partial charge >= 0.3 is 0 Å². The highest BCUT2D eigenvalue weighted by Crippen LogP contribution is 2.31. The third-order valence-corrected chi connectivity index (χ3v) is 6.19. The molecule has 3 heterocycles. The van der Waals surface area contributed by atoms with Gasteiger partial charge < -0.3 is 15.6 Å². The van der Waals surface area contributed by atoms with E-state index < -0.39 is 0 Å². The minimum Gasteiger partial charge on any atom is -0.393 e. The molecule has 0 bridgehead atoms. The number of nitrogens with zero attached hydrogens (tertiary/aromatic N) is 3. The van der Waals surface area contributed by atoms with E-state index in [1.165, 1.54) is 25.5 Å². The van der Waals surface area contributed by atoms with Gasteiger partial charge in [0.2, 0.25) is 0 Å². The van der Waals surface area contributed by atoms with E-state index in [-0.39, 0.29) is 5.91 Å². The van der Waals surface area contributed by atoms with Gasteiger partial charge in [-0.3, -0.25) is 14.8 Å². The first-order chi connectivity index (χ1) is 14.6. The molecule has 1 fully saturated rings. The van der Waals surface area contributed by atoms with E-state index in [0.29, 0.717) is 19.0 Å². The fourth-order valence-corrected chi connectivity index (χ4v) is 4.52. The largest absolute Gasteiger partial charge is 0.393 e. The quantitative estimate of drug-likeness (QED) is 0.717. The summed E-state index contributed by atoms with van der Waals surface area (Å²) in [7, 11) is 1.80. The molecule has 1 amide bonds. The summed E-state index contributed by atoms with van der Waals surface area (Å²) in [6.07, 6.45) is 11.5. The van der Waals surface area contributed by atoms with Gasteiger partial charge in [0.15, 0.2) is 0 Å². The number of nitrogens with one attached hydrogen (secondary N) is 2. The van der Waals surface area contributed by atoms with Crippen molar-refractivity contribution >= 4 is 17.7 Å². The molecule has 2 N–H and O–H groups in total. The normalized spacial score (nSPS) is 17.2. The minimum absolute atomic E-state index is 0.145. The Hall–Kier alpha value is -3.02. The van der Waals surface area contributed by atoms with Crippen LogP contribution in [0.4, 0.5) is 0 Å². The first kappa shape index (κ1) is 20.3. The average Bonchev–Trinajstić information content (AvgIpc) is 3.09. The Morgan fingerprint density at radius 1 is 1.30 bits per heavy atom. The molecule has 0 atom stereocenters. The van der Waals surface area contributed by atoms with Gasteiger partial charge in [0.05, 0.1) is 23.5 Å². The second-order valence-electron chi connectivity index (χ2n) is 8.21. The van der Waals surface area contributed by atoms with Crippen molar-refractivity contribution < 1.29 is 4.79 Å². The fourth-order valence-electron chi connectivity index (χ4n) is 4.52. The van der Waals surface area contributed by atoms with Crippen molar-refractivity contribution in [1.29, 1.82) is 5.41 Å². The zero-order valence-corrected chi connectivity index (χ0v) is 17.7. The first-order valence-corrected chi connectivity index (χ1v) is 10.7. The molecule has 6 heteroatoms. The molecule has 4 rings (SSSR count). The lowest BCUT2D eigenvalue weighted by molar-refractivity contribution is 0.0659. The number of carbonyl (C=O) groups excluding carboxylic acids is 1. The topological polar surface area (TPSA) is 82.0 Å². The third kappa shape index (κ3) is 3.99. The van der Waals surface area contributed by atoms with E-state index >= 15 is 0 Å². The highest BCUT2D eigenvalue weighted by molar-refractivity contribution is 6.07. The van der Waals surface area contributed by atoms with Gasteiger partial charge in [-0.25, -0.2) is 0 Å². The van der Waals surface area contributed by atoms with Crippen LogP contribution in [0.15, 0.2) is 30.6 Å². The Labute approximate surface area is 177 Å². The second kappa shape index (κ2) is 8.78. The van der Waals surface area contributed by atoms with E-state index in [2.05, 4.69) is 10.3 Å². The summed E-state index contributed by atoms with van der Waals surface area (Å²) in [5.74, 6) is 0.145. The van der Waals surface area contributed by atoms with Gasteiger partial charge in [0, 0.05) is 49.4 Å².